The van der Waals surface area contributed by atoms with Crippen LogP contribution in [-0.2, 0) is 11.0 Å². The molecule has 40 heavy (non-hydrogen) atoms. The number of methoxy groups -OCH3 is 1. The van der Waals surface area contributed by atoms with Gasteiger partial charge in [0.2, 0.25) is 0 Å². The summed E-state index contributed by atoms with van der Waals surface area (Å²) in [5, 5.41) is 21.9. The molecule has 0 spiro atoms. The summed E-state index contributed by atoms with van der Waals surface area (Å²) in [6, 6.07) is 10.7. The maximum atomic E-state index is 13.0. The molecule has 4 rings (SSSR count). The van der Waals surface area contributed by atoms with Gasteiger partial charge in [0, 0.05) is 34.3 Å². The second kappa shape index (κ2) is 13.0. The number of fused-ring (bicyclic) bond motifs is 1. The van der Waals surface area contributed by atoms with Crippen LogP contribution in [0, 0.1) is 5.41 Å². The number of carboxylic acid groups (broad SMARTS) is 1. The monoisotopic (exact) mass is 596 g/mol. The fourth-order valence-corrected chi connectivity index (χ4v) is 6.61. The van der Waals surface area contributed by atoms with Gasteiger partial charge in [0.25, 0.3) is 0 Å². The average Bonchev–Trinajstić information content (AvgIpc) is 2.92. The number of ether oxygens (including phenoxy) is 1. The second-order valence-corrected chi connectivity index (χ2v) is 11.8. The normalized spacial score (nSPS) is 16.6. The van der Waals surface area contributed by atoms with Crippen LogP contribution in [-0.4, -0.2) is 58.6 Å². The van der Waals surface area contributed by atoms with Crippen LogP contribution < -0.4 is 4.74 Å². The third-order valence-electron chi connectivity index (χ3n) is 7.63. The lowest BCUT2D eigenvalue weighted by Crippen LogP contribution is -2.42. The quantitative estimate of drug-likeness (QED) is 0.229. The van der Waals surface area contributed by atoms with Gasteiger partial charge in [0.05, 0.1) is 35.7 Å². The van der Waals surface area contributed by atoms with E-state index in [4.69, 9.17) is 16.3 Å². The van der Waals surface area contributed by atoms with Crippen LogP contribution in [0.5, 0.6) is 5.75 Å². The van der Waals surface area contributed by atoms with Crippen molar-refractivity contribution in [1.29, 1.82) is 0 Å². The van der Waals surface area contributed by atoms with E-state index in [0.29, 0.717) is 83.2 Å². The minimum atomic E-state index is -4.37. The van der Waals surface area contributed by atoms with Gasteiger partial charge < -0.3 is 19.8 Å². The summed E-state index contributed by atoms with van der Waals surface area (Å²) in [7, 11) is 1.56. The number of halogens is 4. The molecule has 1 aliphatic heterocycles. The Morgan fingerprint density at radius 1 is 1.23 bits per heavy atom. The van der Waals surface area contributed by atoms with Crippen molar-refractivity contribution in [3.8, 4) is 5.75 Å². The Bertz CT molecular complexity index is 1330. The van der Waals surface area contributed by atoms with E-state index in [0.717, 1.165) is 6.07 Å². The predicted octanol–water partition coefficient (Wildman–Crippen LogP) is 7.08. The van der Waals surface area contributed by atoms with E-state index in [1.807, 2.05) is 0 Å². The third kappa shape index (κ3) is 7.60. The summed E-state index contributed by atoms with van der Waals surface area (Å²) >= 11 is 7.83. The lowest BCUT2D eigenvalue weighted by Gasteiger charge is -2.41. The molecule has 1 aliphatic rings. The van der Waals surface area contributed by atoms with Crippen LogP contribution in [0.1, 0.15) is 49.3 Å². The molecule has 11 heteroatoms. The number of benzene rings is 2. The fourth-order valence-electron chi connectivity index (χ4n) is 5.36. The number of piperidine rings is 1. The van der Waals surface area contributed by atoms with E-state index in [1.54, 1.807) is 31.4 Å². The molecule has 1 aromatic heterocycles. The van der Waals surface area contributed by atoms with Gasteiger partial charge in [-0.25, -0.2) is 0 Å². The van der Waals surface area contributed by atoms with Crippen molar-refractivity contribution in [1.82, 2.24) is 9.88 Å². The highest BCUT2D eigenvalue weighted by Gasteiger charge is 2.37. The maximum absolute atomic E-state index is 13.0. The van der Waals surface area contributed by atoms with Crippen LogP contribution in [0.25, 0.3) is 10.9 Å². The van der Waals surface area contributed by atoms with Gasteiger partial charge in [-0.15, -0.1) is 11.8 Å². The Kier molecular flexibility index (Phi) is 9.87. The van der Waals surface area contributed by atoms with E-state index in [1.165, 1.54) is 30.1 Å². The van der Waals surface area contributed by atoms with Crippen molar-refractivity contribution in [2.75, 3.05) is 32.5 Å². The Morgan fingerprint density at radius 2 is 1.98 bits per heavy atom. The number of aliphatic carboxylic acids is 1. The van der Waals surface area contributed by atoms with Gasteiger partial charge in [-0.2, -0.15) is 13.2 Å². The topological polar surface area (TPSA) is 82.9 Å². The number of pyridine rings is 1. The molecule has 0 amide bonds. The van der Waals surface area contributed by atoms with Crippen LogP contribution in [0.15, 0.2) is 53.6 Å². The van der Waals surface area contributed by atoms with E-state index in [2.05, 4.69) is 9.88 Å². The van der Waals surface area contributed by atoms with Crippen molar-refractivity contribution in [2.45, 2.75) is 49.3 Å². The van der Waals surface area contributed by atoms with E-state index < -0.39 is 29.2 Å². The molecule has 0 saturated carbocycles. The molecular formula is C29H32ClF3N2O4S. The van der Waals surface area contributed by atoms with Gasteiger partial charge in [0.1, 0.15) is 5.75 Å². The number of nitrogens with zero attached hydrogens (tertiary/aromatic N) is 2. The summed E-state index contributed by atoms with van der Waals surface area (Å²) < 4.78 is 44.3. The van der Waals surface area contributed by atoms with Gasteiger partial charge in [-0.3, -0.25) is 9.78 Å². The van der Waals surface area contributed by atoms with E-state index in [-0.39, 0.29) is 6.42 Å². The first kappa shape index (κ1) is 30.4. The van der Waals surface area contributed by atoms with Crippen molar-refractivity contribution < 1.29 is 32.9 Å². The number of hydrogen-bond donors (Lipinski definition) is 2. The minimum absolute atomic E-state index is 0.00515. The molecule has 1 unspecified atom stereocenters. The third-order valence-corrected chi connectivity index (χ3v) is 8.91. The maximum Gasteiger partial charge on any atom is 0.416 e. The number of likely N-dealkylation sites (tertiary alicyclic amines) is 1. The number of carbonyl (C=O) groups is 1. The van der Waals surface area contributed by atoms with Crippen LogP contribution in [0.2, 0.25) is 5.02 Å². The first-order valence-electron chi connectivity index (χ1n) is 13.0. The van der Waals surface area contributed by atoms with E-state index >= 15 is 0 Å². The Balaban J connectivity index is 1.36. The average molecular weight is 597 g/mol. The number of rotatable bonds is 11. The predicted molar refractivity (Wildman–Crippen MR) is 150 cm³/mol. The number of carboxylic acids is 1. The first-order valence-corrected chi connectivity index (χ1v) is 14.4. The van der Waals surface area contributed by atoms with Crippen molar-refractivity contribution in [3.05, 3.63) is 64.8 Å². The molecule has 0 aliphatic carbocycles. The first-order chi connectivity index (χ1) is 19.0. The zero-order chi connectivity index (χ0) is 28.9. The largest absolute Gasteiger partial charge is 0.497 e. The Morgan fingerprint density at radius 3 is 2.65 bits per heavy atom. The number of aromatic nitrogens is 1. The van der Waals surface area contributed by atoms with E-state index in [9.17, 15) is 28.2 Å². The number of aliphatic hydroxyl groups excluding tert-OH is 1. The molecule has 1 saturated heterocycles. The van der Waals surface area contributed by atoms with Crippen molar-refractivity contribution in [3.63, 3.8) is 0 Å². The molecule has 3 aromatic rings. The fraction of sp³-hybridized carbons (Fsp3) is 0.448. The van der Waals surface area contributed by atoms with Gasteiger partial charge in [0.15, 0.2) is 0 Å². The van der Waals surface area contributed by atoms with Crippen molar-refractivity contribution >= 4 is 40.2 Å². The molecule has 1 atom stereocenters. The highest BCUT2D eigenvalue weighted by molar-refractivity contribution is 7.99. The zero-order valence-electron chi connectivity index (χ0n) is 22.1. The Labute approximate surface area is 240 Å². The summed E-state index contributed by atoms with van der Waals surface area (Å²) in [5.74, 6) is 0.370. The molecule has 0 radical (unpaired) electrons. The summed E-state index contributed by atoms with van der Waals surface area (Å²) in [5.41, 5.74) is 0.108. The molecule has 2 heterocycles. The highest BCUT2D eigenvalue weighted by atomic mass is 35.5. The highest BCUT2D eigenvalue weighted by Crippen LogP contribution is 2.43. The number of aliphatic hydroxyl groups is 1. The SMILES string of the molecule is COc1ccc2ncc(Cl)c(C(O)CCC3(CC(=O)O)CCN(CCSc4cccc(C(F)(F)F)c4)CC3)c2c1. The molecular weight excluding hydrogens is 565 g/mol. The summed E-state index contributed by atoms with van der Waals surface area (Å²) in [4.78, 5) is 18.9. The zero-order valence-corrected chi connectivity index (χ0v) is 23.7. The lowest BCUT2D eigenvalue weighted by atomic mass is 9.71. The number of alkyl halides is 3. The molecule has 2 N–H and O–H groups in total. The molecule has 1 fully saturated rings. The smallest absolute Gasteiger partial charge is 0.416 e. The van der Waals surface area contributed by atoms with Gasteiger partial charge in [-0.05, 0) is 80.6 Å². The lowest BCUT2D eigenvalue weighted by molar-refractivity contribution is -0.141. The van der Waals surface area contributed by atoms with Crippen LogP contribution in [0.3, 0.4) is 0 Å². The molecule has 2 aromatic carbocycles. The second-order valence-electron chi connectivity index (χ2n) is 10.2. The van der Waals surface area contributed by atoms with Gasteiger partial charge in [-0.1, -0.05) is 17.7 Å². The Hall–Kier alpha value is -2.53. The van der Waals surface area contributed by atoms with Gasteiger partial charge >= 0.3 is 12.1 Å². The number of thioether (sulfide) groups is 1. The van der Waals surface area contributed by atoms with Crippen molar-refractivity contribution in [2.24, 2.45) is 5.41 Å². The van der Waals surface area contributed by atoms with Crippen LogP contribution >= 0.6 is 23.4 Å². The number of hydrogen-bond acceptors (Lipinski definition) is 6. The van der Waals surface area contributed by atoms with Crippen LogP contribution in [0.4, 0.5) is 13.2 Å². The standard InChI is InChI=1S/C29H32ClF3N2O4S/c1-39-20-5-6-24-22(16-20)27(23(30)18-34-24)25(36)7-8-28(17-26(37)38)9-11-35(12-10-28)13-14-40-21-4-2-3-19(15-21)29(31,32)33/h2-6,15-16,18,25,36H,7-14,17H2,1H3,(H,37,38). The molecule has 0 bridgehead atoms. The summed E-state index contributed by atoms with van der Waals surface area (Å²) in [6.45, 7) is 2.05. The molecule has 216 valence electrons. The minimum Gasteiger partial charge on any atom is -0.497 e. The summed E-state index contributed by atoms with van der Waals surface area (Å²) in [6.07, 6.45) is -1.60. The molecule has 6 nitrogen and oxygen atoms in total.